The SMILES string of the molecule is COC(=O)C(C)(O)CN(C)c1cccc(F)c1. The van der Waals surface area contributed by atoms with Crippen molar-refractivity contribution in [3.05, 3.63) is 30.1 Å². The van der Waals surface area contributed by atoms with Crippen molar-refractivity contribution in [1.82, 2.24) is 0 Å². The summed E-state index contributed by atoms with van der Waals surface area (Å²) in [6.45, 7) is 1.37. The average molecular weight is 241 g/mol. The Morgan fingerprint density at radius 2 is 2.24 bits per heavy atom. The molecule has 0 aliphatic heterocycles. The van der Waals surface area contributed by atoms with Gasteiger partial charge in [0.15, 0.2) is 5.60 Å². The molecule has 0 aromatic heterocycles. The first-order valence-corrected chi connectivity index (χ1v) is 5.14. The maximum atomic E-state index is 13.0. The zero-order chi connectivity index (χ0) is 13.1. The number of halogens is 1. The van der Waals surface area contributed by atoms with E-state index in [2.05, 4.69) is 4.74 Å². The highest BCUT2D eigenvalue weighted by Crippen LogP contribution is 2.17. The van der Waals surface area contributed by atoms with Gasteiger partial charge in [0, 0.05) is 12.7 Å². The molecule has 0 radical (unpaired) electrons. The molecule has 0 bridgehead atoms. The number of carbonyl (C=O) groups excluding carboxylic acids is 1. The molecular formula is C12H16FNO3. The first-order chi connectivity index (χ1) is 7.86. The summed E-state index contributed by atoms with van der Waals surface area (Å²) < 4.78 is 17.5. The van der Waals surface area contributed by atoms with Crippen LogP contribution in [0.5, 0.6) is 0 Å². The van der Waals surface area contributed by atoms with Crippen LogP contribution in [0.25, 0.3) is 0 Å². The van der Waals surface area contributed by atoms with Gasteiger partial charge in [-0.05, 0) is 25.1 Å². The minimum atomic E-state index is -1.63. The fraction of sp³-hybridized carbons (Fsp3) is 0.417. The normalized spacial score (nSPS) is 13.9. The van der Waals surface area contributed by atoms with Gasteiger partial charge in [-0.15, -0.1) is 0 Å². The van der Waals surface area contributed by atoms with Crippen LogP contribution in [0.3, 0.4) is 0 Å². The number of rotatable bonds is 4. The summed E-state index contributed by atoms with van der Waals surface area (Å²) in [5.41, 5.74) is -1.05. The summed E-state index contributed by atoms with van der Waals surface area (Å²) in [5.74, 6) is -1.09. The van der Waals surface area contributed by atoms with Crippen LogP contribution in [0.2, 0.25) is 0 Å². The van der Waals surface area contributed by atoms with Crippen molar-refractivity contribution in [1.29, 1.82) is 0 Å². The Morgan fingerprint density at radius 1 is 1.59 bits per heavy atom. The number of nitrogens with zero attached hydrogens (tertiary/aromatic N) is 1. The van der Waals surface area contributed by atoms with E-state index in [4.69, 9.17) is 0 Å². The first kappa shape index (κ1) is 13.4. The second kappa shape index (κ2) is 5.14. The number of hydrogen-bond acceptors (Lipinski definition) is 4. The standard InChI is InChI=1S/C12H16FNO3/c1-12(16,11(15)17-3)8-14(2)10-6-4-5-9(13)7-10/h4-7,16H,8H2,1-3H3. The third kappa shape index (κ3) is 3.42. The Morgan fingerprint density at radius 3 is 2.76 bits per heavy atom. The van der Waals surface area contributed by atoms with E-state index in [9.17, 15) is 14.3 Å². The Balaban J connectivity index is 2.79. The number of carbonyl (C=O) groups is 1. The van der Waals surface area contributed by atoms with E-state index in [-0.39, 0.29) is 12.4 Å². The van der Waals surface area contributed by atoms with Crippen molar-refractivity contribution in [2.24, 2.45) is 0 Å². The molecule has 0 saturated heterocycles. The van der Waals surface area contributed by atoms with Crippen LogP contribution in [-0.2, 0) is 9.53 Å². The lowest BCUT2D eigenvalue weighted by atomic mass is 10.1. The Kier molecular flexibility index (Phi) is 4.07. The Hall–Kier alpha value is -1.62. The van der Waals surface area contributed by atoms with Crippen molar-refractivity contribution >= 4 is 11.7 Å². The lowest BCUT2D eigenvalue weighted by Gasteiger charge is -2.28. The average Bonchev–Trinajstić information content (AvgIpc) is 2.27. The van der Waals surface area contributed by atoms with Crippen molar-refractivity contribution < 1.29 is 19.0 Å². The summed E-state index contributed by atoms with van der Waals surface area (Å²) in [6.07, 6.45) is 0. The number of hydrogen-bond donors (Lipinski definition) is 1. The molecule has 0 saturated carbocycles. The fourth-order valence-corrected chi connectivity index (χ4v) is 1.55. The number of likely N-dealkylation sites (N-methyl/N-ethyl adjacent to an activating group) is 1. The molecule has 4 nitrogen and oxygen atoms in total. The van der Waals surface area contributed by atoms with Crippen LogP contribution in [0.1, 0.15) is 6.92 Å². The molecule has 17 heavy (non-hydrogen) atoms. The number of esters is 1. The summed E-state index contributed by atoms with van der Waals surface area (Å²) in [7, 11) is 2.87. The number of anilines is 1. The lowest BCUT2D eigenvalue weighted by molar-refractivity contribution is -0.159. The van der Waals surface area contributed by atoms with Crippen LogP contribution in [-0.4, -0.2) is 37.4 Å². The van der Waals surface area contributed by atoms with Gasteiger partial charge in [-0.2, -0.15) is 0 Å². The fourth-order valence-electron chi connectivity index (χ4n) is 1.55. The predicted molar refractivity (Wildman–Crippen MR) is 62.3 cm³/mol. The van der Waals surface area contributed by atoms with E-state index in [1.807, 2.05) is 0 Å². The molecule has 1 unspecified atom stereocenters. The summed E-state index contributed by atoms with van der Waals surface area (Å²) in [6, 6.07) is 5.91. The van der Waals surface area contributed by atoms with Gasteiger partial charge in [0.25, 0.3) is 0 Å². The molecule has 1 rings (SSSR count). The van der Waals surface area contributed by atoms with Crippen LogP contribution >= 0.6 is 0 Å². The molecular weight excluding hydrogens is 225 g/mol. The van der Waals surface area contributed by atoms with Crippen LogP contribution < -0.4 is 4.90 Å². The summed E-state index contributed by atoms with van der Waals surface area (Å²) >= 11 is 0. The molecule has 1 N–H and O–H groups in total. The third-order valence-electron chi connectivity index (χ3n) is 2.42. The minimum Gasteiger partial charge on any atom is -0.467 e. The molecule has 0 amide bonds. The summed E-state index contributed by atoms with van der Waals surface area (Å²) in [4.78, 5) is 12.9. The molecule has 0 aliphatic carbocycles. The summed E-state index contributed by atoms with van der Waals surface area (Å²) in [5, 5.41) is 9.87. The highest BCUT2D eigenvalue weighted by molar-refractivity contribution is 5.79. The third-order valence-corrected chi connectivity index (χ3v) is 2.42. The number of benzene rings is 1. The number of aliphatic hydroxyl groups is 1. The van der Waals surface area contributed by atoms with E-state index in [1.165, 1.54) is 26.2 Å². The highest BCUT2D eigenvalue weighted by atomic mass is 19.1. The number of methoxy groups -OCH3 is 1. The maximum absolute atomic E-state index is 13.0. The van der Waals surface area contributed by atoms with Gasteiger partial charge in [0.1, 0.15) is 5.82 Å². The van der Waals surface area contributed by atoms with E-state index in [0.29, 0.717) is 5.69 Å². The first-order valence-electron chi connectivity index (χ1n) is 5.14. The van der Waals surface area contributed by atoms with Crippen LogP contribution in [0, 0.1) is 5.82 Å². The van der Waals surface area contributed by atoms with Gasteiger partial charge in [-0.25, -0.2) is 9.18 Å². The van der Waals surface area contributed by atoms with E-state index < -0.39 is 11.6 Å². The van der Waals surface area contributed by atoms with Crippen molar-refractivity contribution in [3.63, 3.8) is 0 Å². The quantitative estimate of drug-likeness (QED) is 0.804. The predicted octanol–water partition coefficient (Wildman–Crippen LogP) is 1.19. The Bertz CT molecular complexity index is 406. The molecule has 1 aromatic rings. The van der Waals surface area contributed by atoms with Gasteiger partial charge < -0.3 is 14.7 Å². The van der Waals surface area contributed by atoms with Gasteiger partial charge in [0.2, 0.25) is 0 Å². The zero-order valence-electron chi connectivity index (χ0n) is 10.1. The van der Waals surface area contributed by atoms with Crippen molar-refractivity contribution in [3.8, 4) is 0 Å². The lowest BCUT2D eigenvalue weighted by Crippen LogP contribution is -2.46. The van der Waals surface area contributed by atoms with Crippen LogP contribution in [0.15, 0.2) is 24.3 Å². The van der Waals surface area contributed by atoms with E-state index >= 15 is 0 Å². The smallest absolute Gasteiger partial charge is 0.339 e. The largest absolute Gasteiger partial charge is 0.467 e. The van der Waals surface area contributed by atoms with Gasteiger partial charge >= 0.3 is 5.97 Å². The van der Waals surface area contributed by atoms with Crippen molar-refractivity contribution in [2.45, 2.75) is 12.5 Å². The van der Waals surface area contributed by atoms with Gasteiger partial charge in [0.05, 0.1) is 13.7 Å². The second-order valence-corrected chi connectivity index (χ2v) is 4.10. The number of ether oxygens (including phenoxy) is 1. The molecule has 5 heteroatoms. The molecule has 0 aliphatic rings. The molecule has 94 valence electrons. The van der Waals surface area contributed by atoms with Crippen molar-refractivity contribution in [2.75, 3.05) is 25.6 Å². The molecule has 0 fully saturated rings. The van der Waals surface area contributed by atoms with Crippen LogP contribution in [0.4, 0.5) is 10.1 Å². The van der Waals surface area contributed by atoms with Gasteiger partial charge in [-0.1, -0.05) is 6.07 Å². The maximum Gasteiger partial charge on any atom is 0.339 e. The Labute approximate surface area is 99.6 Å². The monoisotopic (exact) mass is 241 g/mol. The highest BCUT2D eigenvalue weighted by Gasteiger charge is 2.32. The topological polar surface area (TPSA) is 49.8 Å². The van der Waals surface area contributed by atoms with E-state index in [1.54, 1.807) is 24.1 Å². The minimum absolute atomic E-state index is 0.0170. The second-order valence-electron chi connectivity index (χ2n) is 4.10. The molecule has 0 heterocycles. The molecule has 1 atom stereocenters. The molecule has 1 aromatic carbocycles. The van der Waals surface area contributed by atoms with E-state index in [0.717, 1.165) is 0 Å². The van der Waals surface area contributed by atoms with Gasteiger partial charge in [-0.3, -0.25) is 0 Å². The zero-order valence-corrected chi connectivity index (χ0v) is 10.1. The molecule has 0 spiro atoms.